The van der Waals surface area contributed by atoms with Gasteiger partial charge in [0.25, 0.3) is 0 Å². The minimum Gasteiger partial charge on any atom is -0.345 e. The van der Waals surface area contributed by atoms with Gasteiger partial charge >= 0.3 is 0 Å². The van der Waals surface area contributed by atoms with Crippen molar-refractivity contribution in [2.75, 3.05) is 33.2 Å². The number of carbonyl (C=O) groups excluding carboxylic acids is 1. The lowest BCUT2D eigenvalue weighted by Crippen LogP contribution is -2.40. The standard InChI is InChI=1S/C22H33ClN2O/c1-24(22(26)16-19-4-2-3-5-19)17-20-11-14-25(15-12-20)13-10-18-6-8-21(23)9-7-18/h6-9,19-20H,2-5,10-17H2,1H3. The number of rotatable bonds is 7. The molecular weight excluding hydrogens is 344 g/mol. The molecule has 26 heavy (non-hydrogen) atoms. The van der Waals surface area contributed by atoms with Crippen molar-refractivity contribution in [3.8, 4) is 0 Å². The van der Waals surface area contributed by atoms with Gasteiger partial charge in [-0.1, -0.05) is 36.6 Å². The summed E-state index contributed by atoms with van der Waals surface area (Å²) < 4.78 is 0. The maximum atomic E-state index is 12.4. The number of piperidine rings is 1. The highest BCUT2D eigenvalue weighted by molar-refractivity contribution is 6.30. The average molecular weight is 377 g/mol. The van der Waals surface area contributed by atoms with Crippen LogP contribution in [-0.2, 0) is 11.2 Å². The number of likely N-dealkylation sites (tertiary alicyclic amines) is 1. The van der Waals surface area contributed by atoms with Crippen molar-refractivity contribution in [2.24, 2.45) is 11.8 Å². The zero-order valence-corrected chi connectivity index (χ0v) is 16.9. The van der Waals surface area contributed by atoms with E-state index in [1.54, 1.807) is 0 Å². The van der Waals surface area contributed by atoms with Crippen LogP contribution in [0.5, 0.6) is 0 Å². The summed E-state index contributed by atoms with van der Waals surface area (Å²) in [5.74, 6) is 1.68. The van der Waals surface area contributed by atoms with Crippen molar-refractivity contribution in [3.05, 3.63) is 34.9 Å². The number of nitrogens with zero attached hydrogens (tertiary/aromatic N) is 2. The summed E-state index contributed by atoms with van der Waals surface area (Å²) in [5.41, 5.74) is 1.36. The molecule has 1 amide bonds. The quantitative estimate of drug-likeness (QED) is 0.692. The Hall–Kier alpha value is -1.06. The number of benzene rings is 1. The fraction of sp³-hybridized carbons (Fsp3) is 0.682. The summed E-state index contributed by atoms with van der Waals surface area (Å²) in [7, 11) is 2.00. The van der Waals surface area contributed by atoms with Crippen LogP contribution >= 0.6 is 11.6 Å². The Morgan fingerprint density at radius 2 is 1.73 bits per heavy atom. The van der Waals surface area contributed by atoms with E-state index in [1.807, 2.05) is 24.1 Å². The number of hydrogen-bond acceptors (Lipinski definition) is 2. The lowest BCUT2D eigenvalue weighted by atomic mass is 9.95. The van der Waals surface area contributed by atoms with Gasteiger partial charge in [0.05, 0.1) is 0 Å². The summed E-state index contributed by atoms with van der Waals surface area (Å²) in [4.78, 5) is 17.0. The summed E-state index contributed by atoms with van der Waals surface area (Å²) in [5, 5.41) is 0.807. The molecule has 1 saturated heterocycles. The van der Waals surface area contributed by atoms with E-state index in [0.717, 1.165) is 44.0 Å². The second kappa shape index (κ2) is 9.75. The summed E-state index contributed by atoms with van der Waals surface area (Å²) >= 11 is 5.95. The lowest BCUT2D eigenvalue weighted by molar-refractivity contribution is -0.131. The number of carbonyl (C=O) groups is 1. The molecule has 3 rings (SSSR count). The SMILES string of the molecule is CN(CC1CCN(CCc2ccc(Cl)cc2)CC1)C(=O)CC1CCCC1. The molecule has 1 heterocycles. The zero-order chi connectivity index (χ0) is 18.4. The van der Waals surface area contributed by atoms with E-state index in [-0.39, 0.29) is 0 Å². The predicted octanol–water partition coefficient (Wildman–Crippen LogP) is 4.63. The Morgan fingerprint density at radius 1 is 1.08 bits per heavy atom. The van der Waals surface area contributed by atoms with Crippen molar-refractivity contribution >= 4 is 17.5 Å². The first-order valence-electron chi connectivity index (χ1n) is 10.3. The van der Waals surface area contributed by atoms with Gasteiger partial charge in [0.1, 0.15) is 0 Å². The third-order valence-electron chi connectivity index (χ3n) is 6.23. The lowest BCUT2D eigenvalue weighted by Gasteiger charge is -2.34. The Morgan fingerprint density at radius 3 is 2.38 bits per heavy atom. The highest BCUT2D eigenvalue weighted by Gasteiger charge is 2.24. The van der Waals surface area contributed by atoms with Gasteiger partial charge in [0.2, 0.25) is 5.91 Å². The van der Waals surface area contributed by atoms with E-state index < -0.39 is 0 Å². The number of halogens is 1. The van der Waals surface area contributed by atoms with Crippen LogP contribution < -0.4 is 0 Å². The minimum atomic E-state index is 0.363. The molecule has 0 atom stereocenters. The van der Waals surface area contributed by atoms with Crippen LogP contribution in [0.2, 0.25) is 5.02 Å². The second-order valence-corrected chi connectivity index (χ2v) is 8.73. The van der Waals surface area contributed by atoms with Gasteiger partial charge in [0, 0.05) is 31.6 Å². The van der Waals surface area contributed by atoms with Gasteiger partial charge in [-0.15, -0.1) is 0 Å². The van der Waals surface area contributed by atoms with E-state index in [0.29, 0.717) is 17.7 Å². The van der Waals surface area contributed by atoms with Crippen molar-refractivity contribution in [3.63, 3.8) is 0 Å². The fourth-order valence-corrected chi connectivity index (χ4v) is 4.56. The van der Waals surface area contributed by atoms with Crippen LogP contribution in [0.1, 0.15) is 50.5 Å². The largest absolute Gasteiger partial charge is 0.345 e. The van der Waals surface area contributed by atoms with Crippen LogP contribution in [0, 0.1) is 11.8 Å². The van der Waals surface area contributed by atoms with E-state index >= 15 is 0 Å². The van der Waals surface area contributed by atoms with Crippen LogP contribution in [0.15, 0.2) is 24.3 Å². The van der Waals surface area contributed by atoms with Gasteiger partial charge in [-0.05, 0) is 74.7 Å². The summed E-state index contributed by atoms with van der Waals surface area (Å²) in [6, 6.07) is 8.20. The third-order valence-corrected chi connectivity index (χ3v) is 6.48. The van der Waals surface area contributed by atoms with Crippen LogP contribution in [0.25, 0.3) is 0 Å². The van der Waals surface area contributed by atoms with Gasteiger partial charge in [-0.25, -0.2) is 0 Å². The monoisotopic (exact) mass is 376 g/mol. The molecule has 3 nitrogen and oxygen atoms in total. The maximum Gasteiger partial charge on any atom is 0.222 e. The van der Waals surface area contributed by atoms with Crippen LogP contribution in [-0.4, -0.2) is 48.9 Å². The Kier molecular flexibility index (Phi) is 7.39. The molecule has 0 radical (unpaired) electrons. The van der Waals surface area contributed by atoms with E-state index in [9.17, 15) is 4.79 Å². The van der Waals surface area contributed by atoms with Gasteiger partial charge < -0.3 is 9.80 Å². The molecular formula is C22H33ClN2O. The smallest absolute Gasteiger partial charge is 0.222 e. The van der Waals surface area contributed by atoms with Crippen molar-refractivity contribution < 1.29 is 4.79 Å². The molecule has 4 heteroatoms. The molecule has 144 valence electrons. The highest BCUT2D eigenvalue weighted by Crippen LogP contribution is 2.28. The molecule has 0 N–H and O–H groups in total. The maximum absolute atomic E-state index is 12.4. The molecule has 2 fully saturated rings. The third kappa shape index (κ3) is 5.99. The fourth-order valence-electron chi connectivity index (χ4n) is 4.44. The summed E-state index contributed by atoms with van der Waals surface area (Å²) in [6.07, 6.45) is 9.42. The minimum absolute atomic E-state index is 0.363. The Balaban J connectivity index is 1.33. The highest BCUT2D eigenvalue weighted by atomic mass is 35.5. The first-order valence-corrected chi connectivity index (χ1v) is 10.7. The summed E-state index contributed by atoms with van der Waals surface area (Å²) in [6.45, 7) is 4.37. The van der Waals surface area contributed by atoms with Crippen molar-refractivity contribution in [2.45, 2.75) is 51.4 Å². The van der Waals surface area contributed by atoms with Crippen molar-refractivity contribution in [1.82, 2.24) is 9.80 Å². The van der Waals surface area contributed by atoms with Crippen molar-refractivity contribution in [1.29, 1.82) is 0 Å². The molecule has 0 spiro atoms. The second-order valence-electron chi connectivity index (χ2n) is 8.29. The van der Waals surface area contributed by atoms with Crippen LogP contribution in [0.4, 0.5) is 0 Å². The molecule has 0 unspecified atom stereocenters. The molecule has 2 aliphatic rings. The predicted molar refractivity (Wildman–Crippen MR) is 109 cm³/mol. The zero-order valence-electron chi connectivity index (χ0n) is 16.1. The topological polar surface area (TPSA) is 23.6 Å². The van der Waals surface area contributed by atoms with E-state index in [4.69, 9.17) is 11.6 Å². The average Bonchev–Trinajstić information content (AvgIpc) is 3.15. The Bertz CT molecular complexity index is 560. The molecule has 1 aromatic carbocycles. The first-order chi connectivity index (χ1) is 12.6. The molecule has 0 aromatic heterocycles. The molecule has 1 aromatic rings. The van der Waals surface area contributed by atoms with Gasteiger partial charge in [0.15, 0.2) is 0 Å². The first kappa shape index (κ1) is 19.7. The molecule has 1 aliphatic heterocycles. The van der Waals surface area contributed by atoms with E-state index in [2.05, 4.69) is 17.0 Å². The van der Waals surface area contributed by atoms with Gasteiger partial charge in [-0.3, -0.25) is 4.79 Å². The van der Waals surface area contributed by atoms with Gasteiger partial charge in [-0.2, -0.15) is 0 Å². The normalized spacial score (nSPS) is 19.8. The molecule has 0 bridgehead atoms. The van der Waals surface area contributed by atoms with E-state index in [1.165, 1.54) is 44.1 Å². The molecule has 1 saturated carbocycles. The number of hydrogen-bond donors (Lipinski definition) is 0. The van der Waals surface area contributed by atoms with Crippen LogP contribution in [0.3, 0.4) is 0 Å². The Labute approximate surface area is 163 Å². The molecule has 1 aliphatic carbocycles. The number of amides is 1.